The molecule has 0 aliphatic rings. The van der Waals surface area contributed by atoms with Crippen LogP contribution in [0.25, 0.3) is 0 Å². The van der Waals surface area contributed by atoms with E-state index in [4.69, 9.17) is 5.84 Å². The number of thiophene rings is 1. The number of rotatable bonds is 4. The summed E-state index contributed by atoms with van der Waals surface area (Å²) in [7, 11) is 0. The average Bonchev–Trinajstić information content (AvgIpc) is 2.80. The molecular formula is C12H13F3N4S. The predicted octanol–water partition coefficient (Wildman–Crippen LogP) is 3.37. The molecule has 4 nitrogen and oxygen atoms in total. The Balaban J connectivity index is 2.21. The monoisotopic (exact) mass is 302 g/mol. The zero-order valence-electron chi connectivity index (χ0n) is 10.6. The summed E-state index contributed by atoms with van der Waals surface area (Å²) >= 11 is 1.54. The van der Waals surface area contributed by atoms with Gasteiger partial charge in [0, 0.05) is 6.54 Å². The van der Waals surface area contributed by atoms with Crippen LogP contribution in [0.15, 0.2) is 22.9 Å². The van der Waals surface area contributed by atoms with E-state index in [1.165, 1.54) is 0 Å². The van der Waals surface area contributed by atoms with Gasteiger partial charge in [0.2, 0.25) is 0 Å². The lowest BCUT2D eigenvalue weighted by atomic mass is 10.2. The number of nitrogens with two attached hydrogens (primary N) is 1. The molecular weight excluding hydrogens is 289 g/mol. The molecule has 0 aliphatic heterocycles. The van der Waals surface area contributed by atoms with Crippen molar-refractivity contribution in [2.75, 3.05) is 10.7 Å². The number of nitrogens with zero attached hydrogens (tertiary/aromatic N) is 1. The van der Waals surface area contributed by atoms with E-state index < -0.39 is 11.7 Å². The summed E-state index contributed by atoms with van der Waals surface area (Å²) in [5.41, 5.74) is 3.45. The van der Waals surface area contributed by atoms with Crippen LogP contribution in [0.3, 0.4) is 0 Å². The maximum atomic E-state index is 12.7. The molecule has 108 valence electrons. The van der Waals surface area contributed by atoms with Gasteiger partial charge in [0.1, 0.15) is 11.6 Å². The Morgan fingerprint density at radius 3 is 2.50 bits per heavy atom. The van der Waals surface area contributed by atoms with Gasteiger partial charge in [-0.1, -0.05) is 0 Å². The number of aromatic nitrogens is 1. The molecule has 4 N–H and O–H groups in total. The number of halogens is 3. The molecule has 2 aromatic heterocycles. The van der Waals surface area contributed by atoms with Crippen LogP contribution in [-0.2, 0) is 12.7 Å². The van der Waals surface area contributed by atoms with Crippen molar-refractivity contribution in [3.05, 3.63) is 39.6 Å². The second-order valence-corrected chi connectivity index (χ2v) is 4.95. The average molecular weight is 302 g/mol. The molecule has 0 aliphatic carbocycles. The van der Waals surface area contributed by atoms with Gasteiger partial charge < -0.3 is 10.7 Å². The molecule has 0 amide bonds. The minimum Gasteiger partial charge on any atom is -0.366 e. The van der Waals surface area contributed by atoms with Gasteiger partial charge in [-0.05, 0) is 40.9 Å². The molecule has 2 heterocycles. The van der Waals surface area contributed by atoms with E-state index in [1.807, 2.05) is 17.7 Å². The fraction of sp³-hybridized carbons (Fsp3) is 0.250. The third-order valence-electron chi connectivity index (χ3n) is 2.72. The van der Waals surface area contributed by atoms with Gasteiger partial charge in [0.15, 0.2) is 0 Å². The Morgan fingerprint density at radius 1 is 1.25 bits per heavy atom. The maximum absolute atomic E-state index is 12.7. The Morgan fingerprint density at radius 2 is 1.95 bits per heavy atom. The number of nitrogens with one attached hydrogen (secondary N) is 2. The molecule has 2 rings (SSSR count). The quantitative estimate of drug-likeness (QED) is 0.598. The summed E-state index contributed by atoms with van der Waals surface area (Å²) < 4.78 is 38.2. The van der Waals surface area contributed by atoms with E-state index >= 15 is 0 Å². The van der Waals surface area contributed by atoms with E-state index in [0.717, 1.165) is 23.3 Å². The zero-order chi connectivity index (χ0) is 14.8. The van der Waals surface area contributed by atoms with Gasteiger partial charge in [-0.15, -0.1) is 0 Å². The number of aryl methyl sites for hydroxylation is 1. The van der Waals surface area contributed by atoms with Gasteiger partial charge in [-0.2, -0.15) is 24.5 Å². The van der Waals surface area contributed by atoms with Crippen LogP contribution in [-0.4, -0.2) is 4.98 Å². The molecule has 0 atom stereocenters. The third kappa shape index (κ3) is 3.40. The summed E-state index contributed by atoms with van der Waals surface area (Å²) in [4.78, 5) is 3.95. The summed E-state index contributed by atoms with van der Waals surface area (Å²) in [5.74, 6) is 5.23. The largest absolute Gasteiger partial charge is 0.416 e. The summed E-state index contributed by atoms with van der Waals surface area (Å²) in [5, 5.41) is 6.79. The second-order valence-electron chi connectivity index (χ2n) is 4.20. The van der Waals surface area contributed by atoms with Gasteiger partial charge in [0.25, 0.3) is 0 Å². The van der Waals surface area contributed by atoms with Gasteiger partial charge >= 0.3 is 6.18 Å². The number of nitrogen functional groups attached to an aromatic ring is 1. The molecule has 20 heavy (non-hydrogen) atoms. The Kier molecular flexibility index (Phi) is 4.15. The van der Waals surface area contributed by atoms with Crippen LogP contribution < -0.4 is 16.6 Å². The number of hydrogen-bond donors (Lipinski definition) is 3. The first-order valence-corrected chi connectivity index (χ1v) is 6.66. The summed E-state index contributed by atoms with van der Waals surface area (Å²) in [6, 6.07) is 1.82. The molecule has 0 fully saturated rings. The molecule has 0 unspecified atom stereocenters. The third-order valence-corrected chi connectivity index (χ3v) is 3.63. The van der Waals surface area contributed by atoms with Crippen molar-refractivity contribution in [2.45, 2.75) is 19.6 Å². The van der Waals surface area contributed by atoms with Crippen molar-refractivity contribution in [3.63, 3.8) is 0 Å². The Hall–Kier alpha value is -1.80. The minimum absolute atomic E-state index is 0.0376. The number of pyridine rings is 1. The lowest BCUT2D eigenvalue weighted by Gasteiger charge is -2.12. The fourth-order valence-corrected chi connectivity index (χ4v) is 2.47. The minimum atomic E-state index is -4.44. The fourth-order valence-electron chi connectivity index (χ4n) is 1.61. The zero-order valence-corrected chi connectivity index (χ0v) is 11.4. The number of hydrogen-bond acceptors (Lipinski definition) is 5. The topological polar surface area (TPSA) is 63.0 Å². The second kappa shape index (κ2) is 5.68. The van der Waals surface area contributed by atoms with Crippen LogP contribution in [0.1, 0.15) is 16.7 Å². The lowest BCUT2D eigenvalue weighted by Crippen LogP contribution is -2.14. The van der Waals surface area contributed by atoms with Gasteiger partial charge in [-0.25, -0.2) is 10.8 Å². The molecule has 0 radical (unpaired) electrons. The highest BCUT2D eigenvalue weighted by atomic mass is 32.1. The van der Waals surface area contributed by atoms with E-state index in [1.54, 1.807) is 11.3 Å². The highest BCUT2D eigenvalue weighted by Crippen LogP contribution is 2.32. The van der Waals surface area contributed by atoms with Crippen LogP contribution >= 0.6 is 11.3 Å². The van der Waals surface area contributed by atoms with Crippen molar-refractivity contribution < 1.29 is 13.2 Å². The predicted molar refractivity (Wildman–Crippen MR) is 73.4 cm³/mol. The molecule has 0 bridgehead atoms. The smallest absolute Gasteiger partial charge is 0.366 e. The number of hydrazine groups is 1. The molecule has 0 aromatic carbocycles. The molecule has 0 saturated heterocycles. The van der Waals surface area contributed by atoms with Gasteiger partial charge in [-0.3, -0.25) is 0 Å². The first-order chi connectivity index (χ1) is 9.40. The van der Waals surface area contributed by atoms with Crippen molar-refractivity contribution in [1.82, 2.24) is 4.98 Å². The number of alkyl halides is 3. The summed E-state index contributed by atoms with van der Waals surface area (Å²) in [6.07, 6.45) is -4.44. The highest BCUT2D eigenvalue weighted by Gasteiger charge is 2.31. The molecule has 0 saturated carbocycles. The van der Waals surface area contributed by atoms with E-state index in [0.29, 0.717) is 6.54 Å². The van der Waals surface area contributed by atoms with Crippen LogP contribution in [0.4, 0.5) is 24.8 Å². The van der Waals surface area contributed by atoms with E-state index in [-0.39, 0.29) is 11.6 Å². The lowest BCUT2D eigenvalue weighted by molar-refractivity contribution is -0.137. The highest BCUT2D eigenvalue weighted by molar-refractivity contribution is 7.08. The van der Waals surface area contributed by atoms with Crippen molar-refractivity contribution in [2.24, 2.45) is 5.84 Å². The van der Waals surface area contributed by atoms with E-state index in [9.17, 15) is 13.2 Å². The van der Waals surface area contributed by atoms with Crippen LogP contribution in [0.5, 0.6) is 0 Å². The maximum Gasteiger partial charge on any atom is 0.416 e. The molecule has 0 spiro atoms. The Bertz CT molecular complexity index is 595. The summed E-state index contributed by atoms with van der Waals surface area (Å²) in [6.45, 7) is 2.35. The molecule has 8 heteroatoms. The standard InChI is InChI=1S/C12H13F3N4S/c1-7-5-20-6-8(7)4-17-10-2-9(12(13,14)15)3-11(18-10)19-16/h2-3,5-6H,4,16H2,1H3,(H2,17,18,19). The Labute approximate surface area is 117 Å². The normalized spacial score (nSPS) is 11.4. The van der Waals surface area contributed by atoms with E-state index in [2.05, 4.69) is 15.7 Å². The number of anilines is 2. The van der Waals surface area contributed by atoms with Crippen molar-refractivity contribution >= 4 is 23.0 Å². The van der Waals surface area contributed by atoms with Crippen molar-refractivity contribution in [3.8, 4) is 0 Å². The SMILES string of the molecule is Cc1cscc1CNc1cc(C(F)(F)F)cc(NN)n1. The first-order valence-electron chi connectivity index (χ1n) is 5.71. The van der Waals surface area contributed by atoms with Crippen LogP contribution in [0, 0.1) is 6.92 Å². The van der Waals surface area contributed by atoms with Crippen LogP contribution in [0.2, 0.25) is 0 Å². The van der Waals surface area contributed by atoms with Crippen molar-refractivity contribution in [1.29, 1.82) is 0 Å². The molecule has 2 aromatic rings. The first kappa shape index (κ1) is 14.6. The van der Waals surface area contributed by atoms with Gasteiger partial charge in [0.05, 0.1) is 5.56 Å².